The van der Waals surface area contributed by atoms with Gasteiger partial charge in [0.15, 0.2) is 0 Å². The first-order valence-electron chi connectivity index (χ1n) is 3.93. The van der Waals surface area contributed by atoms with Crippen molar-refractivity contribution in [2.24, 2.45) is 0 Å². The van der Waals surface area contributed by atoms with E-state index >= 15 is 0 Å². The lowest BCUT2D eigenvalue weighted by Gasteiger charge is -2.10. The molecule has 0 saturated carbocycles. The first-order valence-corrected chi connectivity index (χ1v) is 3.93. The van der Waals surface area contributed by atoms with Gasteiger partial charge in [-0.1, -0.05) is 5.16 Å². The molecule has 0 radical (unpaired) electrons. The summed E-state index contributed by atoms with van der Waals surface area (Å²) in [5.41, 5.74) is 1.05. The van der Waals surface area contributed by atoms with Gasteiger partial charge in [0, 0.05) is 25.3 Å². The molecule has 1 N–H and O–H groups in total. The van der Waals surface area contributed by atoms with Crippen molar-refractivity contribution in [2.45, 2.75) is 19.5 Å². The monoisotopic (exact) mass is 170 g/mol. The van der Waals surface area contributed by atoms with Gasteiger partial charge >= 0.3 is 0 Å². The number of nitrogens with zero attached hydrogens (tertiary/aromatic N) is 1. The van der Waals surface area contributed by atoms with Crippen LogP contribution in [0.2, 0.25) is 0 Å². The van der Waals surface area contributed by atoms with E-state index in [-0.39, 0.29) is 0 Å². The zero-order valence-electron chi connectivity index (χ0n) is 7.41. The van der Waals surface area contributed by atoms with Crippen LogP contribution in [0.4, 0.5) is 0 Å². The molecule has 0 aliphatic heterocycles. The van der Waals surface area contributed by atoms with Gasteiger partial charge in [0.25, 0.3) is 0 Å². The second kappa shape index (κ2) is 4.90. The van der Waals surface area contributed by atoms with Crippen LogP contribution >= 0.6 is 0 Å². The SMILES string of the molecule is COCC(C)NCc1cnoc1. The Morgan fingerprint density at radius 2 is 2.58 bits per heavy atom. The average Bonchev–Trinajstić information content (AvgIpc) is 2.53. The smallest absolute Gasteiger partial charge is 0.128 e. The van der Waals surface area contributed by atoms with Crippen molar-refractivity contribution in [3.63, 3.8) is 0 Å². The molecule has 1 aromatic rings. The van der Waals surface area contributed by atoms with E-state index in [4.69, 9.17) is 4.74 Å². The molecule has 0 bridgehead atoms. The van der Waals surface area contributed by atoms with E-state index < -0.39 is 0 Å². The normalized spacial score (nSPS) is 13.2. The highest BCUT2D eigenvalue weighted by Crippen LogP contribution is 1.95. The maximum atomic E-state index is 4.97. The van der Waals surface area contributed by atoms with Gasteiger partial charge < -0.3 is 14.6 Å². The van der Waals surface area contributed by atoms with Crippen LogP contribution in [-0.2, 0) is 11.3 Å². The van der Waals surface area contributed by atoms with Crippen molar-refractivity contribution in [3.05, 3.63) is 18.0 Å². The van der Waals surface area contributed by atoms with Crippen molar-refractivity contribution in [2.75, 3.05) is 13.7 Å². The summed E-state index contributed by atoms with van der Waals surface area (Å²) < 4.78 is 9.66. The van der Waals surface area contributed by atoms with Crippen LogP contribution in [0.3, 0.4) is 0 Å². The lowest BCUT2D eigenvalue weighted by Crippen LogP contribution is -2.29. The Bertz CT molecular complexity index is 199. The Balaban J connectivity index is 2.17. The second-order valence-corrected chi connectivity index (χ2v) is 2.77. The summed E-state index contributed by atoms with van der Waals surface area (Å²) in [5, 5.41) is 6.86. The number of aromatic nitrogens is 1. The van der Waals surface area contributed by atoms with Gasteiger partial charge in [-0.05, 0) is 6.92 Å². The molecular formula is C8H14N2O2. The third-order valence-electron chi connectivity index (χ3n) is 1.55. The Kier molecular flexibility index (Phi) is 3.76. The fourth-order valence-electron chi connectivity index (χ4n) is 0.915. The Morgan fingerprint density at radius 1 is 1.75 bits per heavy atom. The van der Waals surface area contributed by atoms with Crippen molar-refractivity contribution in [3.8, 4) is 0 Å². The summed E-state index contributed by atoms with van der Waals surface area (Å²) in [6.45, 7) is 3.55. The third kappa shape index (κ3) is 3.02. The molecule has 12 heavy (non-hydrogen) atoms. The van der Waals surface area contributed by atoms with E-state index in [1.165, 1.54) is 0 Å². The van der Waals surface area contributed by atoms with E-state index in [1.807, 2.05) is 0 Å². The minimum atomic E-state index is 0.352. The minimum absolute atomic E-state index is 0.352. The Labute approximate surface area is 71.9 Å². The van der Waals surface area contributed by atoms with E-state index in [0.29, 0.717) is 12.6 Å². The molecule has 0 fully saturated rings. The first-order chi connectivity index (χ1) is 5.83. The maximum Gasteiger partial charge on any atom is 0.128 e. The predicted octanol–water partition coefficient (Wildman–Crippen LogP) is 0.799. The van der Waals surface area contributed by atoms with Crippen LogP contribution in [0, 0.1) is 0 Å². The van der Waals surface area contributed by atoms with Crippen LogP contribution in [0.25, 0.3) is 0 Å². The highest BCUT2D eigenvalue weighted by molar-refractivity contribution is 4.99. The molecule has 0 spiro atoms. The molecule has 4 nitrogen and oxygen atoms in total. The van der Waals surface area contributed by atoms with Crippen LogP contribution in [0.15, 0.2) is 17.0 Å². The number of nitrogens with one attached hydrogen (secondary N) is 1. The molecule has 1 heterocycles. The molecular weight excluding hydrogens is 156 g/mol. The molecule has 1 atom stereocenters. The fourth-order valence-corrected chi connectivity index (χ4v) is 0.915. The van der Waals surface area contributed by atoms with Crippen LogP contribution in [0.5, 0.6) is 0 Å². The van der Waals surface area contributed by atoms with Crippen molar-refractivity contribution in [1.29, 1.82) is 0 Å². The summed E-state index contributed by atoms with van der Waals surface area (Å²) >= 11 is 0. The summed E-state index contributed by atoms with van der Waals surface area (Å²) in [5.74, 6) is 0. The van der Waals surface area contributed by atoms with Gasteiger partial charge in [-0.2, -0.15) is 0 Å². The van der Waals surface area contributed by atoms with E-state index in [0.717, 1.165) is 12.1 Å². The lowest BCUT2D eigenvalue weighted by molar-refractivity contribution is 0.171. The second-order valence-electron chi connectivity index (χ2n) is 2.77. The van der Waals surface area contributed by atoms with E-state index in [2.05, 4.69) is 21.9 Å². The largest absolute Gasteiger partial charge is 0.383 e. The lowest BCUT2D eigenvalue weighted by atomic mass is 10.3. The number of hydrogen-bond donors (Lipinski definition) is 1. The molecule has 0 aliphatic rings. The van der Waals surface area contributed by atoms with Crippen molar-refractivity contribution < 1.29 is 9.26 Å². The zero-order chi connectivity index (χ0) is 8.81. The molecule has 0 aliphatic carbocycles. The Morgan fingerprint density at radius 3 is 3.17 bits per heavy atom. The molecule has 0 saturated heterocycles. The topological polar surface area (TPSA) is 47.3 Å². The van der Waals surface area contributed by atoms with E-state index in [9.17, 15) is 0 Å². The standard InChI is InChI=1S/C8H14N2O2/c1-7(5-11-2)9-3-8-4-10-12-6-8/h4,6-7,9H,3,5H2,1-2H3. The third-order valence-corrected chi connectivity index (χ3v) is 1.55. The van der Waals surface area contributed by atoms with Gasteiger partial charge in [-0.25, -0.2) is 0 Å². The van der Waals surface area contributed by atoms with Crippen molar-refractivity contribution >= 4 is 0 Å². The van der Waals surface area contributed by atoms with Gasteiger partial charge in [0.05, 0.1) is 12.8 Å². The van der Waals surface area contributed by atoms with E-state index in [1.54, 1.807) is 19.6 Å². The summed E-state index contributed by atoms with van der Waals surface area (Å²) in [7, 11) is 1.69. The molecule has 0 aromatic carbocycles. The summed E-state index contributed by atoms with van der Waals surface area (Å²) in [4.78, 5) is 0. The minimum Gasteiger partial charge on any atom is -0.383 e. The number of methoxy groups -OCH3 is 1. The van der Waals surface area contributed by atoms with Gasteiger partial charge in [0.2, 0.25) is 0 Å². The molecule has 4 heteroatoms. The molecule has 1 unspecified atom stereocenters. The Hall–Kier alpha value is -0.870. The maximum absolute atomic E-state index is 4.97. The van der Waals surface area contributed by atoms with Gasteiger partial charge in [-0.3, -0.25) is 0 Å². The summed E-state index contributed by atoms with van der Waals surface area (Å²) in [6.07, 6.45) is 3.33. The van der Waals surface area contributed by atoms with Gasteiger partial charge in [-0.15, -0.1) is 0 Å². The van der Waals surface area contributed by atoms with Crippen LogP contribution in [0.1, 0.15) is 12.5 Å². The molecule has 68 valence electrons. The molecule has 1 rings (SSSR count). The van der Waals surface area contributed by atoms with Crippen LogP contribution < -0.4 is 5.32 Å². The van der Waals surface area contributed by atoms with Gasteiger partial charge in [0.1, 0.15) is 6.26 Å². The highest BCUT2D eigenvalue weighted by Gasteiger charge is 2.00. The fraction of sp³-hybridized carbons (Fsp3) is 0.625. The average molecular weight is 170 g/mol. The number of rotatable bonds is 5. The summed E-state index contributed by atoms with van der Waals surface area (Å²) in [6, 6.07) is 0.352. The molecule has 0 amide bonds. The first kappa shape index (κ1) is 9.22. The quantitative estimate of drug-likeness (QED) is 0.710. The van der Waals surface area contributed by atoms with Crippen molar-refractivity contribution in [1.82, 2.24) is 10.5 Å². The molecule has 1 aromatic heterocycles. The number of hydrogen-bond acceptors (Lipinski definition) is 4. The highest BCUT2D eigenvalue weighted by atomic mass is 16.5. The van der Waals surface area contributed by atoms with Crippen LogP contribution in [-0.4, -0.2) is 24.9 Å². The predicted molar refractivity (Wildman–Crippen MR) is 44.7 cm³/mol. The zero-order valence-corrected chi connectivity index (χ0v) is 7.41. The number of ether oxygens (including phenoxy) is 1.